The first-order valence-electron chi connectivity index (χ1n) is 8.31. The van der Waals surface area contributed by atoms with E-state index in [4.69, 9.17) is 0 Å². The first-order valence-corrected chi connectivity index (χ1v) is 9.90. The number of rotatable bonds is 7. The highest BCUT2D eigenvalue weighted by molar-refractivity contribution is 9.10. The van der Waals surface area contributed by atoms with E-state index >= 15 is 0 Å². The minimum Gasteiger partial charge on any atom is -0.338 e. The molecule has 0 atom stereocenters. The average Bonchev–Trinajstić information content (AvgIpc) is 3.28. The summed E-state index contributed by atoms with van der Waals surface area (Å²) in [6.45, 7) is 2.97. The van der Waals surface area contributed by atoms with Crippen molar-refractivity contribution in [2.45, 2.75) is 51.7 Å². The molecular weight excluding hydrogens is 476 g/mol. The zero-order valence-electron chi connectivity index (χ0n) is 14.4. The number of likely N-dealkylation sites (N-methyl/N-ethyl adjacent to an activating group) is 1. The number of nitrogens with zero attached hydrogens (tertiary/aromatic N) is 5. The van der Waals surface area contributed by atoms with Gasteiger partial charge in [-0.2, -0.15) is 10.2 Å². The fourth-order valence-electron chi connectivity index (χ4n) is 2.75. The van der Waals surface area contributed by atoms with Crippen LogP contribution < -0.4 is 0 Å². The lowest BCUT2D eigenvalue weighted by molar-refractivity contribution is -0.131. The van der Waals surface area contributed by atoms with Crippen molar-refractivity contribution in [3.8, 4) is 0 Å². The lowest BCUT2D eigenvalue weighted by atomic mass is 10.2. The lowest BCUT2D eigenvalue weighted by Crippen LogP contribution is -2.31. The summed E-state index contributed by atoms with van der Waals surface area (Å²) in [5.41, 5.74) is 1.14. The smallest absolute Gasteiger partial charge is 0.283 e. The summed E-state index contributed by atoms with van der Waals surface area (Å²) in [4.78, 5) is 14.1. The van der Waals surface area contributed by atoms with E-state index in [1.807, 2.05) is 13.1 Å². The summed E-state index contributed by atoms with van der Waals surface area (Å²) in [5.74, 6) is -0.0162. The Balaban J connectivity index is 1.75. The molecule has 2 heterocycles. The predicted octanol–water partition coefficient (Wildman–Crippen LogP) is 4.10. The second-order valence-corrected chi connectivity index (χ2v) is 7.99. The maximum atomic E-state index is 13.2. The second kappa shape index (κ2) is 7.75. The van der Waals surface area contributed by atoms with Crippen LogP contribution in [0, 0.1) is 0 Å². The number of amides is 1. The van der Waals surface area contributed by atoms with Gasteiger partial charge in [0.15, 0.2) is 0 Å². The molecular formula is C16H19Br2F2N5O. The normalized spacial score (nSPS) is 14.3. The van der Waals surface area contributed by atoms with Crippen molar-refractivity contribution in [1.29, 1.82) is 0 Å². The standard InChI is InChI=1S/C16H19Br2F2N5O/c1-3-24-6-10(17)11(21-24)7-23(2)12(26)8-25-15(9-4-5-9)13(18)14(22-25)16(19)20/h6,9,16H,3-5,7-8H2,1-2H3. The first-order chi connectivity index (χ1) is 12.3. The van der Waals surface area contributed by atoms with Gasteiger partial charge >= 0.3 is 0 Å². The van der Waals surface area contributed by atoms with E-state index in [9.17, 15) is 13.6 Å². The quantitative estimate of drug-likeness (QED) is 0.582. The van der Waals surface area contributed by atoms with Crippen molar-refractivity contribution in [3.63, 3.8) is 0 Å². The Hall–Kier alpha value is -1.29. The summed E-state index contributed by atoms with van der Waals surface area (Å²) >= 11 is 6.68. The van der Waals surface area contributed by atoms with Crippen LogP contribution in [-0.2, 0) is 24.4 Å². The minimum atomic E-state index is -2.68. The third-order valence-corrected chi connectivity index (χ3v) is 5.81. The van der Waals surface area contributed by atoms with E-state index in [1.54, 1.807) is 11.7 Å². The Morgan fingerprint density at radius 3 is 2.62 bits per heavy atom. The zero-order chi connectivity index (χ0) is 19.0. The van der Waals surface area contributed by atoms with Crippen LogP contribution in [0.4, 0.5) is 8.78 Å². The van der Waals surface area contributed by atoms with Crippen molar-refractivity contribution < 1.29 is 13.6 Å². The topological polar surface area (TPSA) is 56.0 Å². The van der Waals surface area contributed by atoms with Crippen molar-refractivity contribution in [2.75, 3.05) is 7.05 Å². The number of aryl methyl sites for hydroxylation is 1. The van der Waals surface area contributed by atoms with Gasteiger partial charge in [-0.05, 0) is 51.6 Å². The van der Waals surface area contributed by atoms with Crippen LogP contribution in [0.3, 0.4) is 0 Å². The summed E-state index contributed by atoms with van der Waals surface area (Å²) < 4.78 is 30.7. The van der Waals surface area contributed by atoms with E-state index in [0.29, 0.717) is 16.7 Å². The molecule has 0 saturated heterocycles. The summed E-state index contributed by atoms with van der Waals surface area (Å²) in [7, 11) is 1.67. The molecule has 0 aromatic carbocycles. The van der Waals surface area contributed by atoms with Gasteiger partial charge in [0.05, 0.1) is 26.9 Å². The number of hydrogen-bond acceptors (Lipinski definition) is 3. The van der Waals surface area contributed by atoms with Crippen molar-refractivity contribution in [3.05, 3.63) is 32.2 Å². The lowest BCUT2D eigenvalue weighted by Gasteiger charge is -2.17. The predicted molar refractivity (Wildman–Crippen MR) is 98.9 cm³/mol. The van der Waals surface area contributed by atoms with E-state index < -0.39 is 6.43 Å². The molecule has 10 heteroatoms. The number of halogens is 4. The number of carbonyl (C=O) groups excluding carboxylic acids is 1. The molecule has 0 bridgehead atoms. The van der Waals surface area contributed by atoms with Crippen LogP contribution in [0.1, 0.15) is 49.2 Å². The fourth-order valence-corrected chi connectivity index (χ4v) is 3.97. The van der Waals surface area contributed by atoms with Crippen LogP contribution in [0.15, 0.2) is 15.1 Å². The second-order valence-electron chi connectivity index (χ2n) is 6.35. The first kappa shape index (κ1) is 19.5. The molecule has 2 aromatic heterocycles. The van der Waals surface area contributed by atoms with Crippen molar-refractivity contribution in [2.24, 2.45) is 0 Å². The van der Waals surface area contributed by atoms with Gasteiger partial charge in [-0.15, -0.1) is 0 Å². The molecule has 26 heavy (non-hydrogen) atoms. The van der Waals surface area contributed by atoms with E-state index in [1.165, 1.54) is 9.58 Å². The van der Waals surface area contributed by atoms with Crippen LogP contribution >= 0.6 is 31.9 Å². The van der Waals surface area contributed by atoms with Gasteiger partial charge in [0.25, 0.3) is 6.43 Å². The highest BCUT2D eigenvalue weighted by atomic mass is 79.9. The molecule has 0 unspecified atom stereocenters. The van der Waals surface area contributed by atoms with E-state index in [2.05, 4.69) is 42.1 Å². The molecule has 1 amide bonds. The third kappa shape index (κ3) is 4.00. The number of alkyl halides is 2. The van der Waals surface area contributed by atoms with Crippen molar-refractivity contribution in [1.82, 2.24) is 24.5 Å². The molecule has 6 nitrogen and oxygen atoms in total. The Labute approximate surface area is 166 Å². The summed E-state index contributed by atoms with van der Waals surface area (Å²) in [6, 6.07) is 0. The average molecular weight is 495 g/mol. The van der Waals surface area contributed by atoms with Gasteiger partial charge < -0.3 is 4.90 Å². The molecule has 3 rings (SSSR count). The highest BCUT2D eigenvalue weighted by Gasteiger charge is 2.34. The van der Waals surface area contributed by atoms with Gasteiger partial charge in [-0.1, -0.05) is 0 Å². The molecule has 1 aliphatic rings. The molecule has 0 radical (unpaired) electrons. The molecule has 0 spiro atoms. The maximum absolute atomic E-state index is 13.2. The van der Waals surface area contributed by atoms with Gasteiger partial charge in [0, 0.05) is 25.7 Å². The maximum Gasteiger partial charge on any atom is 0.283 e. The van der Waals surface area contributed by atoms with Gasteiger partial charge in [-0.3, -0.25) is 14.2 Å². The summed E-state index contributed by atoms with van der Waals surface area (Å²) in [5, 5.41) is 8.38. The van der Waals surface area contributed by atoms with Crippen LogP contribution in [0.5, 0.6) is 0 Å². The SMILES string of the molecule is CCn1cc(Br)c(CN(C)C(=O)Cn2nc(C(F)F)c(Br)c2C2CC2)n1. The van der Waals surface area contributed by atoms with Crippen LogP contribution in [0.25, 0.3) is 0 Å². The largest absolute Gasteiger partial charge is 0.338 e. The molecule has 1 saturated carbocycles. The third-order valence-electron chi connectivity index (χ3n) is 4.34. The molecule has 1 fully saturated rings. The molecule has 2 aromatic rings. The molecule has 0 N–H and O–H groups in total. The molecule has 1 aliphatic carbocycles. The Morgan fingerprint density at radius 1 is 1.38 bits per heavy atom. The number of carbonyl (C=O) groups is 1. The number of aromatic nitrogens is 4. The van der Waals surface area contributed by atoms with Gasteiger partial charge in [0.1, 0.15) is 12.2 Å². The monoisotopic (exact) mass is 493 g/mol. The Bertz CT molecular complexity index is 816. The van der Waals surface area contributed by atoms with Gasteiger partial charge in [0.2, 0.25) is 5.91 Å². The van der Waals surface area contributed by atoms with Crippen molar-refractivity contribution >= 4 is 37.8 Å². The van der Waals surface area contributed by atoms with E-state index in [-0.39, 0.29) is 24.1 Å². The van der Waals surface area contributed by atoms with Crippen LogP contribution in [0.2, 0.25) is 0 Å². The Kier molecular flexibility index (Phi) is 5.81. The number of hydrogen-bond donors (Lipinski definition) is 0. The fraction of sp³-hybridized carbons (Fsp3) is 0.562. The Morgan fingerprint density at radius 2 is 2.08 bits per heavy atom. The van der Waals surface area contributed by atoms with Gasteiger partial charge in [-0.25, -0.2) is 8.78 Å². The zero-order valence-corrected chi connectivity index (χ0v) is 17.6. The highest BCUT2D eigenvalue weighted by Crippen LogP contribution is 2.45. The van der Waals surface area contributed by atoms with E-state index in [0.717, 1.165) is 29.6 Å². The van der Waals surface area contributed by atoms with Crippen LogP contribution in [-0.4, -0.2) is 37.4 Å². The molecule has 142 valence electrons. The summed E-state index contributed by atoms with van der Waals surface area (Å²) in [6.07, 6.45) is 1.04. The minimum absolute atomic E-state index is 0.0697. The molecule has 0 aliphatic heterocycles.